The van der Waals surface area contributed by atoms with Crippen molar-refractivity contribution in [3.05, 3.63) is 12.4 Å². The number of rotatable bonds is 2. The van der Waals surface area contributed by atoms with Crippen LogP contribution < -0.4 is 0 Å². The molecule has 1 heterocycles. The van der Waals surface area contributed by atoms with Gasteiger partial charge in [0.05, 0.1) is 12.4 Å². The molecule has 1 rings (SSSR count). The van der Waals surface area contributed by atoms with Crippen LogP contribution in [0.4, 0.5) is 0 Å². The van der Waals surface area contributed by atoms with Crippen LogP contribution in [0.2, 0.25) is 0 Å². The zero-order valence-electron chi connectivity index (χ0n) is 5.87. The summed E-state index contributed by atoms with van der Waals surface area (Å²) in [4.78, 5) is 2.39. The van der Waals surface area contributed by atoms with E-state index >= 15 is 0 Å². The lowest BCUT2D eigenvalue weighted by atomic mass is 10.6. The van der Waals surface area contributed by atoms with E-state index in [4.69, 9.17) is 0 Å². The highest BCUT2D eigenvalue weighted by Crippen LogP contribution is 2.25. The first-order valence-corrected chi connectivity index (χ1v) is 5.22. The first-order chi connectivity index (χ1) is 4.88. The van der Waals surface area contributed by atoms with Gasteiger partial charge in [0, 0.05) is 9.79 Å². The zero-order chi connectivity index (χ0) is 7.40. The van der Waals surface area contributed by atoms with E-state index in [0.29, 0.717) is 0 Å². The van der Waals surface area contributed by atoms with E-state index < -0.39 is 0 Å². The van der Waals surface area contributed by atoms with Crippen LogP contribution in [-0.2, 0) is 0 Å². The summed E-state index contributed by atoms with van der Waals surface area (Å²) < 4.78 is 0. The van der Waals surface area contributed by atoms with Gasteiger partial charge in [-0.1, -0.05) is 0 Å². The van der Waals surface area contributed by atoms with Crippen molar-refractivity contribution in [2.45, 2.75) is 9.79 Å². The molecule has 0 saturated carbocycles. The third-order valence-corrected chi connectivity index (χ3v) is 2.76. The van der Waals surface area contributed by atoms with Crippen LogP contribution in [0.3, 0.4) is 0 Å². The molecule has 0 spiro atoms. The predicted molar refractivity (Wildman–Crippen MR) is 45.6 cm³/mol. The lowest BCUT2D eigenvalue weighted by Gasteiger charge is -1.99. The fourth-order valence-corrected chi connectivity index (χ4v) is 1.92. The van der Waals surface area contributed by atoms with Crippen molar-refractivity contribution in [2.75, 3.05) is 12.5 Å². The maximum absolute atomic E-state index is 3.78. The molecule has 0 bridgehead atoms. The Morgan fingerprint density at radius 3 is 1.70 bits per heavy atom. The zero-order valence-corrected chi connectivity index (χ0v) is 7.50. The average Bonchev–Trinajstić information content (AvgIpc) is 2.04. The number of hydrogen-bond donors (Lipinski definition) is 0. The van der Waals surface area contributed by atoms with Crippen molar-refractivity contribution >= 4 is 23.5 Å². The summed E-state index contributed by atoms with van der Waals surface area (Å²) in [6.07, 6.45) is 7.65. The molecule has 2 nitrogen and oxygen atoms in total. The second-order valence-corrected chi connectivity index (χ2v) is 3.32. The Bertz CT molecular complexity index is 192. The first-order valence-electron chi connectivity index (χ1n) is 2.77. The van der Waals surface area contributed by atoms with Crippen molar-refractivity contribution < 1.29 is 0 Å². The summed E-state index contributed by atoms with van der Waals surface area (Å²) in [7, 11) is 0. The summed E-state index contributed by atoms with van der Waals surface area (Å²) in [6.45, 7) is 0. The highest BCUT2D eigenvalue weighted by atomic mass is 32.2. The molecule has 0 aliphatic carbocycles. The topological polar surface area (TPSA) is 25.8 Å². The van der Waals surface area contributed by atoms with Crippen LogP contribution in [0, 0.1) is 0 Å². The van der Waals surface area contributed by atoms with Crippen molar-refractivity contribution in [3.8, 4) is 0 Å². The molecule has 0 aliphatic rings. The van der Waals surface area contributed by atoms with Crippen LogP contribution in [0.1, 0.15) is 0 Å². The van der Waals surface area contributed by atoms with Gasteiger partial charge in [0.25, 0.3) is 0 Å². The Morgan fingerprint density at radius 2 is 1.40 bits per heavy atom. The van der Waals surface area contributed by atoms with Gasteiger partial charge in [-0.2, -0.15) is 10.2 Å². The van der Waals surface area contributed by atoms with Crippen molar-refractivity contribution in [1.29, 1.82) is 0 Å². The Balaban J connectivity index is 2.96. The third-order valence-electron chi connectivity index (χ3n) is 1.10. The van der Waals surface area contributed by atoms with E-state index in [-0.39, 0.29) is 0 Å². The van der Waals surface area contributed by atoms with E-state index in [0.717, 1.165) is 0 Å². The molecule has 54 valence electrons. The monoisotopic (exact) mass is 172 g/mol. The van der Waals surface area contributed by atoms with Gasteiger partial charge in [0.2, 0.25) is 0 Å². The second kappa shape index (κ2) is 3.83. The van der Waals surface area contributed by atoms with Gasteiger partial charge in [-0.15, -0.1) is 23.5 Å². The van der Waals surface area contributed by atoms with Gasteiger partial charge in [-0.3, -0.25) is 0 Å². The summed E-state index contributed by atoms with van der Waals surface area (Å²) in [5, 5.41) is 7.56. The minimum atomic E-state index is 1.20. The van der Waals surface area contributed by atoms with Crippen LogP contribution in [-0.4, -0.2) is 22.7 Å². The highest BCUT2D eigenvalue weighted by Gasteiger charge is 1.97. The predicted octanol–water partition coefficient (Wildman–Crippen LogP) is 1.92. The van der Waals surface area contributed by atoms with Gasteiger partial charge in [-0.05, 0) is 12.5 Å². The molecule has 1 aromatic rings. The summed E-state index contributed by atoms with van der Waals surface area (Å²) in [5.41, 5.74) is 0. The standard InChI is InChI=1S/C6H8N2S2/c1-9-5-3-7-8-4-6(5)10-2/h3-4H,1-2H3. The largest absolute Gasteiger partial charge is 0.158 e. The van der Waals surface area contributed by atoms with E-state index in [2.05, 4.69) is 10.2 Å². The van der Waals surface area contributed by atoms with Gasteiger partial charge < -0.3 is 0 Å². The lowest BCUT2D eigenvalue weighted by Crippen LogP contribution is -1.82. The number of nitrogens with zero attached hydrogens (tertiary/aromatic N) is 2. The Labute approximate surface area is 68.8 Å². The van der Waals surface area contributed by atoms with Crippen LogP contribution >= 0.6 is 23.5 Å². The van der Waals surface area contributed by atoms with E-state index in [1.54, 1.807) is 35.9 Å². The summed E-state index contributed by atoms with van der Waals surface area (Å²) in [6, 6.07) is 0. The molecule has 0 aromatic carbocycles. The molecule has 10 heavy (non-hydrogen) atoms. The Morgan fingerprint density at radius 1 is 1.00 bits per heavy atom. The van der Waals surface area contributed by atoms with E-state index in [1.165, 1.54) is 9.79 Å². The smallest absolute Gasteiger partial charge is 0.0643 e. The van der Waals surface area contributed by atoms with Gasteiger partial charge >= 0.3 is 0 Å². The molecule has 0 radical (unpaired) electrons. The van der Waals surface area contributed by atoms with E-state index in [9.17, 15) is 0 Å². The van der Waals surface area contributed by atoms with E-state index in [1.807, 2.05) is 12.5 Å². The molecular weight excluding hydrogens is 164 g/mol. The van der Waals surface area contributed by atoms with Crippen molar-refractivity contribution in [3.63, 3.8) is 0 Å². The minimum Gasteiger partial charge on any atom is -0.158 e. The normalized spacial score (nSPS) is 9.80. The molecule has 0 aliphatic heterocycles. The maximum atomic E-state index is 3.78. The molecule has 0 N–H and O–H groups in total. The SMILES string of the molecule is CSc1cnncc1SC. The van der Waals surface area contributed by atoms with Gasteiger partial charge in [-0.25, -0.2) is 0 Å². The molecule has 0 amide bonds. The van der Waals surface area contributed by atoms with Gasteiger partial charge in [0.15, 0.2) is 0 Å². The minimum absolute atomic E-state index is 1.20. The maximum Gasteiger partial charge on any atom is 0.0643 e. The number of hydrogen-bond acceptors (Lipinski definition) is 4. The summed E-state index contributed by atoms with van der Waals surface area (Å²) >= 11 is 3.39. The molecule has 0 fully saturated rings. The number of thioether (sulfide) groups is 2. The van der Waals surface area contributed by atoms with Gasteiger partial charge in [0.1, 0.15) is 0 Å². The van der Waals surface area contributed by atoms with Crippen LogP contribution in [0.25, 0.3) is 0 Å². The fraction of sp³-hybridized carbons (Fsp3) is 0.333. The molecule has 0 unspecified atom stereocenters. The molecule has 0 atom stereocenters. The van der Waals surface area contributed by atoms with Crippen molar-refractivity contribution in [1.82, 2.24) is 10.2 Å². The Kier molecular flexibility index (Phi) is 3.02. The molecule has 4 heteroatoms. The fourth-order valence-electron chi connectivity index (χ4n) is 0.605. The average molecular weight is 172 g/mol. The van der Waals surface area contributed by atoms with Crippen LogP contribution in [0.15, 0.2) is 22.2 Å². The first kappa shape index (κ1) is 7.88. The second-order valence-electron chi connectivity index (χ2n) is 1.63. The summed E-state index contributed by atoms with van der Waals surface area (Å²) in [5.74, 6) is 0. The molecular formula is C6H8N2S2. The molecule has 1 aromatic heterocycles. The Hall–Kier alpha value is -0.220. The number of aromatic nitrogens is 2. The van der Waals surface area contributed by atoms with Crippen LogP contribution in [0.5, 0.6) is 0 Å². The molecule has 0 saturated heterocycles. The quantitative estimate of drug-likeness (QED) is 0.636. The van der Waals surface area contributed by atoms with Crippen molar-refractivity contribution in [2.24, 2.45) is 0 Å². The highest BCUT2D eigenvalue weighted by molar-refractivity contribution is 8.01. The third kappa shape index (κ3) is 1.64. The lowest BCUT2D eigenvalue weighted by molar-refractivity contribution is 0.946.